The van der Waals surface area contributed by atoms with Crippen LogP contribution in [0.4, 0.5) is 21.0 Å². The first-order chi connectivity index (χ1) is 25.4. The smallest absolute Gasteiger partial charge is 0.414 e. The molecule has 1 fully saturated rings. The Morgan fingerprint density at radius 1 is 0.778 bits per heavy atom. The molecule has 54 heavy (non-hydrogen) atoms. The van der Waals surface area contributed by atoms with Gasteiger partial charge in [-0.3, -0.25) is 25.0 Å². The molecule has 1 aliphatic heterocycles. The Labute approximate surface area is 315 Å². The third-order valence-electron chi connectivity index (χ3n) is 8.69. The average molecular weight is 775 g/mol. The Kier molecular flexibility index (Phi) is 16.2. The molecular formula is C37H50N2O14Si. The predicted molar refractivity (Wildman–Crippen MR) is 196 cm³/mol. The third kappa shape index (κ3) is 13.9. The molecule has 0 radical (unpaired) electrons. The van der Waals surface area contributed by atoms with E-state index >= 15 is 0 Å². The van der Waals surface area contributed by atoms with E-state index in [4.69, 9.17) is 38.2 Å². The minimum absolute atomic E-state index is 0.00966. The second-order valence-electron chi connectivity index (χ2n) is 13.7. The van der Waals surface area contributed by atoms with E-state index in [1.807, 2.05) is 25.2 Å². The zero-order valence-electron chi connectivity index (χ0n) is 31.6. The van der Waals surface area contributed by atoms with Gasteiger partial charge in [-0.25, -0.2) is 19.4 Å². The fourth-order valence-corrected chi connectivity index (χ4v) is 5.79. The van der Waals surface area contributed by atoms with Crippen molar-refractivity contribution in [3.05, 3.63) is 72.3 Å². The number of esters is 3. The zero-order valence-corrected chi connectivity index (χ0v) is 32.6. The number of carbonyl (C=O) groups is 5. The molecule has 2 aromatic carbocycles. The summed E-state index contributed by atoms with van der Waals surface area (Å²) >= 11 is 0. The maximum atomic E-state index is 13.0. The van der Waals surface area contributed by atoms with Crippen LogP contribution in [0.15, 0.2) is 61.2 Å². The first kappa shape index (κ1) is 43.6. The topological polar surface area (TPSA) is 203 Å². The van der Waals surface area contributed by atoms with Crippen molar-refractivity contribution in [3.63, 3.8) is 0 Å². The van der Waals surface area contributed by atoms with Crippen molar-refractivity contribution >= 4 is 49.8 Å². The minimum Gasteiger partial charge on any atom is -0.456 e. The molecule has 2 amide bonds. The second kappa shape index (κ2) is 20.0. The lowest BCUT2D eigenvalue weighted by molar-refractivity contribution is -0.340. The van der Waals surface area contributed by atoms with Crippen LogP contribution in [0.1, 0.15) is 52.2 Å². The van der Waals surface area contributed by atoms with Gasteiger partial charge in [0, 0.05) is 32.1 Å². The van der Waals surface area contributed by atoms with E-state index in [9.17, 15) is 28.8 Å². The quantitative estimate of drug-likeness (QED) is 0.0343. The Hall–Kier alpha value is -4.81. The van der Waals surface area contributed by atoms with Gasteiger partial charge < -0.3 is 33.2 Å². The summed E-state index contributed by atoms with van der Waals surface area (Å²) in [5.74, 6) is -2.40. The van der Waals surface area contributed by atoms with E-state index < -0.39 is 69.1 Å². The molecule has 3 rings (SSSR count). The van der Waals surface area contributed by atoms with Crippen LogP contribution in [0, 0.1) is 0 Å². The van der Waals surface area contributed by atoms with Crippen molar-refractivity contribution in [2.24, 2.45) is 0 Å². The fraction of sp³-hybridized carbons (Fsp3) is 0.486. The SMILES string of the molecule is C=CCOOCC1OC(OC(=O)Nc2ccc(COC(=O)Nc3ccc(CCC(C)(C)[Si](C)(C)O)cc3)cc2)C(OC(C)=O)C(OC(C)=O)C1OC(C)=O. The number of anilines is 2. The van der Waals surface area contributed by atoms with Crippen LogP contribution in [0.25, 0.3) is 0 Å². The lowest BCUT2D eigenvalue weighted by atomic mass is 9.98. The Morgan fingerprint density at radius 2 is 1.30 bits per heavy atom. The highest BCUT2D eigenvalue weighted by molar-refractivity contribution is 6.72. The van der Waals surface area contributed by atoms with Crippen molar-refractivity contribution in [2.75, 3.05) is 23.8 Å². The van der Waals surface area contributed by atoms with E-state index in [2.05, 4.69) is 31.1 Å². The number of nitrogens with one attached hydrogen (secondary N) is 2. The van der Waals surface area contributed by atoms with Gasteiger partial charge in [0.25, 0.3) is 0 Å². The summed E-state index contributed by atoms with van der Waals surface area (Å²) in [6.45, 7) is 14.4. The highest BCUT2D eigenvalue weighted by Crippen LogP contribution is 2.39. The Morgan fingerprint density at radius 3 is 1.83 bits per heavy atom. The summed E-state index contributed by atoms with van der Waals surface area (Å²) in [6.07, 6.45) is -5.86. The summed E-state index contributed by atoms with van der Waals surface area (Å²) in [4.78, 5) is 82.1. The number of carbonyl (C=O) groups excluding carboxylic acids is 5. The first-order valence-corrected chi connectivity index (χ1v) is 20.2. The molecule has 296 valence electrons. The van der Waals surface area contributed by atoms with Gasteiger partial charge in [-0.05, 0) is 66.4 Å². The number of benzene rings is 2. The zero-order chi connectivity index (χ0) is 40.1. The predicted octanol–water partition coefficient (Wildman–Crippen LogP) is 5.55. The number of rotatable bonds is 17. The van der Waals surface area contributed by atoms with E-state index in [-0.39, 0.29) is 30.5 Å². The maximum Gasteiger partial charge on any atom is 0.414 e. The van der Waals surface area contributed by atoms with Crippen molar-refractivity contribution < 1.29 is 67.0 Å². The normalized spacial score (nSPS) is 19.8. The summed E-state index contributed by atoms with van der Waals surface area (Å²) < 4.78 is 32.7. The van der Waals surface area contributed by atoms with Gasteiger partial charge in [-0.15, -0.1) is 6.58 Å². The molecular weight excluding hydrogens is 724 g/mol. The van der Waals surface area contributed by atoms with Gasteiger partial charge in [0.15, 0.2) is 20.5 Å². The van der Waals surface area contributed by atoms with E-state index in [1.54, 1.807) is 24.3 Å². The van der Waals surface area contributed by atoms with Crippen LogP contribution in [0.2, 0.25) is 18.1 Å². The summed E-state index contributed by atoms with van der Waals surface area (Å²) in [5.41, 5.74) is 2.56. The molecule has 1 heterocycles. The third-order valence-corrected chi connectivity index (χ3v) is 12.2. The van der Waals surface area contributed by atoms with Gasteiger partial charge in [0.05, 0.1) is 0 Å². The van der Waals surface area contributed by atoms with Gasteiger partial charge in [0.2, 0.25) is 12.4 Å². The lowest BCUT2D eigenvalue weighted by Gasteiger charge is -2.43. The summed E-state index contributed by atoms with van der Waals surface area (Å²) in [6, 6.07) is 13.7. The molecule has 0 saturated carbocycles. The summed E-state index contributed by atoms with van der Waals surface area (Å²) in [7, 11) is -2.30. The van der Waals surface area contributed by atoms with Crippen LogP contribution >= 0.6 is 0 Å². The van der Waals surface area contributed by atoms with Gasteiger partial charge in [-0.2, -0.15) is 0 Å². The molecule has 3 N–H and O–H groups in total. The average Bonchev–Trinajstić information content (AvgIpc) is 3.08. The monoisotopic (exact) mass is 774 g/mol. The van der Waals surface area contributed by atoms with Crippen LogP contribution in [-0.2, 0) is 65.6 Å². The van der Waals surface area contributed by atoms with Crippen LogP contribution < -0.4 is 10.6 Å². The van der Waals surface area contributed by atoms with Crippen molar-refractivity contribution in [1.29, 1.82) is 0 Å². The van der Waals surface area contributed by atoms with E-state index in [1.165, 1.54) is 18.2 Å². The minimum atomic E-state index is -2.30. The Bertz CT molecular complexity index is 1590. The molecule has 1 aliphatic rings. The molecule has 1 saturated heterocycles. The van der Waals surface area contributed by atoms with Crippen LogP contribution in [0.5, 0.6) is 0 Å². The number of hydrogen-bond donors (Lipinski definition) is 3. The van der Waals surface area contributed by atoms with Crippen molar-refractivity contribution in [2.45, 2.75) is 103 Å². The standard InChI is InChI=1S/C37H50N2O14Si/c1-9-20-47-48-22-30-31(49-23(2)40)32(50-24(3)41)33(51-25(4)42)34(52-30)53-36(44)39-29-16-12-27(13-17-29)21-46-35(43)38-28-14-10-26(11-15-28)18-19-37(5,6)54(7,8)45/h9-17,30-34,45H,1,18-22H2,2-8H3,(H,38,43)(H,39,44). The fourth-order valence-electron chi connectivity index (χ4n) is 5.05. The molecule has 5 unspecified atom stereocenters. The molecule has 17 heteroatoms. The van der Waals surface area contributed by atoms with E-state index in [0.29, 0.717) is 11.3 Å². The molecule has 0 spiro atoms. The number of hydrogen-bond acceptors (Lipinski definition) is 14. The van der Waals surface area contributed by atoms with E-state index in [0.717, 1.165) is 39.2 Å². The highest BCUT2D eigenvalue weighted by atomic mass is 28.4. The number of ether oxygens (including phenoxy) is 6. The van der Waals surface area contributed by atoms with Gasteiger partial charge >= 0.3 is 30.1 Å². The molecule has 2 aromatic rings. The second-order valence-corrected chi connectivity index (χ2v) is 18.2. The van der Waals surface area contributed by atoms with Crippen LogP contribution in [-0.4, -0.2) is 87.1 Å². The molecule has 0 aliphatic carbocycles. The molecule has 0 aromatic heterocycles. The summed E-state index contributed by atoms with van der Waals surface area (Å²) in [5, 5.41) is 5.07. The number of amides is 2. The van der Waals surface area contributed by atoms with Gasteiger partial charge in [0.1, 0.15) is 25.9 Å². The van der Waals surface area contributed by atoms with Crippen molar-refractivity contribution in [3.8, 4) is 0 Å². The first-order valence-electron chi connectivity index (χ1n) is 17.2. The van der Waals surface area contributed by atoms with Crippen molar-refractivity contribution in [1.82, 2.24) is 0 Å². The lowest BCUT2D eigenvalue weighted by Crippen LogP contribution is -2.63. The molecule has 5 atom stereocenters. The van der Waals surface area contributed by atoms with Crippen LogP contribution in [0.3, 0.4) is 0 Å². The molecule has 0 bridgehead atoms. The Balaban J connectivity index is 1.59. The largest absolute Gasteiger partial charge is 0.456 e. The maximum absolute atomic E-state index is 13.0. The highest BCUT2D eigenvalue weighted by Gasteiger charge is 2.53. The van der Waals surface area contributed by atoms with Gasteiger partial charge in [-0.1, -0.05) is 44.2 Å². The number of aryl methyl sites for hydroxylation is 1. The molecule has 16 nitrogen and oxygen atoms in total.